The van der Waals surface area contributed by atoms with Gasteiger partial charge in [0.05, 0.1) is 13.2 Å². The number of ether oxygens (including phenoxy) is 2. The number of esters is 1. The van der Waals surface area contributed by atoms with Crippen LogP contribution < -0.4 is 10.1 Å². The molecule has 0 aliphatic carbocycles. The van der Waals surface area contributed by atoms with Gasteiger partial charge in [0.15, 0.2) is 6.61 Å². The number of hydrogen-bond acceptors (Lipinski definition) is 6. The van der Waals surface area contributed by atoms with E-state index in [1.807, 2.05) is 0 Å². The quantitative estimate of drug-likeness (QED) is 0.802. The molecule has 0 amide bonds. The molecule has 1 aromatic carbocycles. The highest BCUT2D eigenvalue weighted by atomic mass is 19.4. The summed E-state index contributed by atoms with van der Waals surface area (Å²) in [6.45, 7) is 1.55. The fourth-order valence-corrected chi connectivity index (χ4v) is 1.92. The maximum absolute atomic E-state index is 12.7. The second-order valence-corrected chi connectivity index (χ2v) is 5.06. The number of rotatable bonds is 6. The summed E-state index contributed by atoms with van der Waals surface area (Å²) in [6.07, 6.45) is -3.48. The lowest BCUT2D eigenvalue weighted by atomic mass is 10.1. The molecule has 0 spiro atoms. The van der Waals surface area contributed by atoms with Gasteiger partial charge in [-0.25, -0.2) is 14.8 Å². The summed E-state index contributed by atoms with van der Waals surface area (Å²) < 4.78 is 47.7. The largest absolute Gasteiger partial charge is 0.482 e. The minimum absolute atomic E-state index is 0.117. The van der Waals surface area contributed by atoms with Crippen molar-refractivity contribution in [2.75, 3.05) is 19.0 Å². The molecule has 2 aromatic rings. The minimum atomic E-state index is -4.53. The second-order valence-electron chi connectivity index (χ2n) is 5.06. The van der Waals surface area contributed by atoms with Crippen molar-refractivity contribution in [1.82, 2.24) is 9.97 Å². The molecule has 25 heavy (non-hydrogen) atoms. The molecule has 1 heterocycles. The van der Waals surface area contributed by atoms with Crippen LogP contribution in [0.4, 0.5) is 19.1 Å². The molecule has 1 N–H and O–H groups in total. The molecule has 9 heteroatoms. The molecular weight excluding hydrogens is 339 g/mol. The number of anilines is 1. The zero-order chi connectivity index (χ0) is 18.4. The third-order valence-electron chi connectivity index (χ3n) is 3.26. The summed E-state index contributed by atoms with van der Waals surface area (Å²) in [5.41, 5.74) is -0.227. The number of aromatic nitrogens is 2. The fraction of sp³-hybridized carbons (Fsp3) is 0.312. The van der Waals surface area contributed by atoms with Crippen LogP contribution in [0.25, 0.3) is 0 Å². The number of nitrogens with zero attached hydrogens (tertiary/aromatic N) is 2. The van der Waals surface area contributed by atoms with Gasteiger partial charge >= 0.3 is 12.1 Å². The highest BCUT2D eigenvalue weighted by molar-refractivity contribution is 5.70. The number of methoxy groups -OCH3 is 1. The monoisotopic (exact) mass is 355 g/mol. The van der Waals surface area contributed by atoms with Gasteiger partial charge in [0.2, 0.25) is 5.95 Å². The molecule has 0 aliphatic rings. The molecule has 0 saturated heterocycles. The highest BCUT2D eigenvalue weighted by Gasteiger charge is 2.32. The first kappa shape index (κ1) is 18.5. The van der Waals surface area contributed by atoms with Gasteiger partial charge in [0.1, 0.15) is 11.4 Å². The van der Waals surface area contributed by atoms with Crippen LogP contribution in [-0.4, -0.2) is 29.7 Å². The molecule has 1 aromatic heterocycles. The molecular formula is C16H16F3N3O3. The third-order valence-corrected chi connectivity index (χ3v) is 3.26. The van der Waals surface area contributed by atoms with E-state index in [1.165, 1.54) is 7.11 Å². The Morgan fingerprint density at radius 2 is 1.92 bits per heavy atom. The Bertz CT molecular complexity index is 721. The van der Waals surface area contributed by atoms with Crippen LogP contribution in [-0.2, 0) is 15.7 Å². The van der Waals surface area contributed by atoms with Gasteiger partial charge in [0.25, 0.3) is 0 Å². The molecule has 1 unspecified atom stereocenters. The highest BCUT2D eigenvalue weighted by Crippen LogP contribution is 2.28. The maximum atomic E-state index is 12.7. The molecule has 134 valence electrons. The van der Waals surface area contributed by atoms with Crippen molar-refractivity contribution in [3.8, 4) is 5.75 Å². The summed E-state index contributed by atoms with van der Waals surface area (Å²) in [7, 11) is 1.26. The summed E-state index contributed by atoms with van der Waals surface area (Å²) in [5, 5.41) is 2.81. The Balaban J connectivity index is 2.01. The summed E-state index contributed by atoms with van der Waals surface area (Å²) >= 11 is 0. The van der Waals surface area contributed by atoms with Crippen LogP contribution in [0.1, 0.15) is 24.2 Å². The van der Waals surface area contributed by atoms with E-state index in [0.717, 1.165) is 17.8 Å². The smallest absolute Gasteiger partial charge is 0.433 e. The van der Waals surface area contributed by atoms with E-state index in [0.29, 0.717) is 5.75 Å². The van der Waals surface area contributed by atoms with Gasteiger partial charge in [-0.15, -0.1) is 0 Å². The lowest BCUT2D eigenvalue weighted by Gasteiger charge is -2.15. The Hall–Kier alpha value is -2.84. The van der Waals surface area contributed by atoms with Crippen LogP contribution in [0.5, 0.6) is 5.75 Å². The summed E-state index contributed by atoms with van der Waals surface area (Å²) in [5.74, 6) is -0.147. The number of benzene rings is 1. The first-order valence-electron chi connectivity index (χ1n) is 7.26. The molecule has 0 aliphatic heterocycles. The predicted octanol–water partition coefficient (Wildman–Crippen LogP) is 3.22. The van der Waals surface area contributed by atoms with Crippen molar-refractivity contribution in [3.05, 3.63) is 47.8 Å². The Kier molecular flexibility index (Phi) is 5.79. The van der Waals surface area contributed by atoms with Gasteiger partial charge in [-0.3, -0.25) is 0 Å². The van der Waals surface area contributed by atoms with Crippen molar-refractivity contribution in [3.63, 3.8) is 0 Å². The molecule has 0 bridgehead atoms. The van der Waals surface area contributed by atoms with Crippen LogP contribution in [0.15, 0.2) is 36.5 Å². The molecule has 6 nitrogen and oxygen atoms in total. The predicted molar refractivity (Wildman–Crippen MR) is 83.0 cm³/mol. The number of hydrogen-bond donors (Lipinski definition) is 1. The van der Waals surface area contributed by atoms with Crippen molar-refractivity contribution in [2.45, 2.75) is 19.1 Å². The van der Waals surface area contributed by atoms with Gasteiger partial charge in [-0.2, -0.15) is 13.2 Å². The van der Waals surface area contributed by atoms with Gasteiger partial charge in [0, 0.05) is 6.20 Å². The SMILES string of the molecule is COC(=O)COc1ccc(C(C)Nc2nccc(C(F)(F)F)n2)cc1. The maximum Gasteiger partial charge on any atom is 0.433 e. The van der Waals surface area contributed by atoms with E-state index in [2.05, 4.69) is 20.0 Å². The van der Waals surface area contributed by atoms with Crippen LogP contribution >= 0.6 is 0 Å². The molecule has 0 radical (unpaired) electrons. The Morgan fingerprint density at radius 1 is 1.24 bits per heavy atom. The normalized spacial score (nSPS) is 12.4. The third kappa shape index (κ3) is 5.33. The molecule has 0 fully saturated rings. The van der Waals surface area contributed by atoms with Crippen LogP contribution in [0.3, 0.4) is 0 Å². The number of nitrogens with one attached hydrogen (secondary N) is 1. The lowest BCUT2D eigenvalue weighted by molar-refractivity contribution is -0.143. The van der Waals surface area contributed by atoms with E-state index < -0.39 is 17.8 Å². The summed E-state index contributed by atoms with van der Waals surface area (Å²) in [6, 6.07) is 7.20. The van der Waals surface area contributed by atoms with Gasteiger partial charge < -0.3 is 14.8 Å². The number of carbonyl (C=O) groups is 1. The van der Waals surface area contributed by atoms with Crippen molar-refractivity contribution < 1.29 is 27.4 Å². The molecule has 2 rings (SSSR count). The zero-order valence-electron chi connectivity index (χ0n) is 13.5. The number of halogens is 3. The van der Waals surface area contributed by atoms with Crippen molar-refractivity contribution >= 4 is 11.9 Å². The van der Waals surface area contributed by atoms with Crippen molar-refractivity contribution in [1.29, 1.82) is 0 Å². The average Bonchev–Trinajstić information content (AvgIpc) is 2.59. The number of carbonyl (C=O) groups excluding carboxylic acids is 1. The fourth-order valence-electron chi connectivity index (χ4n) is 1.92. The van der Waals surface area contributed by atoms with Crippen LogP contribution in [0, 0.1) is 0 Å². The van der Waals surface area contributed by atoms with Gasteiger partial charge in [-0.1, -0.05) is 12.1 Å². The zero-order valence-corrected chi connectivity index (χ0v) is 13.5. The second kappa shape index (κ2) is 7.82. The summed E-state index contributed by atoms with van der Waals surface area (Å²) in [4.78, 5) is 18.3. The Morgan fingerprint density at radius 3 is 2.52 bits per heavy atom. The minimum Gasteiger partial charge on any atom is -0.482 e. The topological polar surface area (TPSA) is 73.3 Å². The first-order chi connectivity index (χ1) is 11.8. The first-order valence-corrected chi connectivity index (χ1v) is 7.26. The van der Waals surface area contributed by atoms with E-state index in [4.69, 9.17) is 4.74 Å². The van der Waals surface area contributed by atoms with E-state index in [1.54, 1.807) is 31.2 Å². The van der Waals surface area contributed by atoms with E-state index in [-0.39, 0.29) is 18.6 Å². The number of alkyl halides is 3. The van der Waals surface area contributed by atoms with E-state index in [9.17, 15) is 18.0 Å². The average molecular weight is 355 g/mol. The van der Waals surface area contributed by atoms with Crippen molar-refractivity contribution in [2.24, 2.45) is 0 Å². The van der Waals surface area contributed by atoms with E-state index >= 15 is 0 Å². The molecule has 0 saturated carbocycles. The molecule has 1 atom stereocenters. The Labute approximate surface area is 142 Å². The van der Waals surface area contributed by atoms with Gasteiger partial charge in [-0.05, 0) is 30.7 Å². The van der Waals surface area contributed by atoms with Crippen LogP contribution in [0.2, 0.25) is 0 Å². The lowest BCUT2D eigenvalue weighted by Crippen LogP contribution is -2.14. The standard InChI is InChI=1S/C16H16F3N3O3/c1-10(21-15-20-8-7-13(22-15)16(17,18)19)11-3-5-12(6-4-11)25-9-14(23)24-2/h3-8,10H,9H2,1-2H3,(H,20,21,22).